The lowest BCUT2D eigenvalue weighted by atomic mass is 9.98. The van der Waals surface area contributed by atoms with Gasteiger partial charge in [0.1, 0.15) is 5.15 Å². The Labute approximate surface area is 195 Å². The highest BCUT2D eigenvalue weighted by Crippen LogP contribution is 2.41. The second kappa shape index (κ2) is 7.90. The Morgan fingerprint density at radius 2 is 1.64 bits per heavy atom. The zero-order valence-electron chi connectivity index (χ0n) is 17.4. The minimum atomic E-state index is -0.386. The Bertz CT molecular complexity index is 1410. The van der Waals surface area contributed by atoms with Crippen LogP contribution in [0.4, 0.5) is 0 Å². The van der Waals surface area contributed by atoms with Crippen LogP contribution in [0.25, 0.3) is 10.9 Å². The lowest BCUT2D eigenvalue weighted by Gasteiger charge is -2.23. The summed E-state index contributed by atoms with van der Waals surface area (Å²) in [5.41, 5.74) is 3.80. The molecule has 0 saturated carbocycles. The fourth-order valence-electron chi connectivity index (χ4n) is 4.25. The summed E-state index contributed by atoms with van der Waals surface area (Å²) in [6.07, 6.45) is 0.528. The topological polar surface area (TPSA) is 64.0 Å². The molecule has 4 aromatic rings. The predicted molar refractivity (Wildman–Crippen MR) is 126 cm³/mol. The van der Waals surface area contributed by atoms with E-state index >= 15 is 0 Å². The molecule has 1 amide bonds. The summed E-state index contributed by atoms with van der Waals surface area (Å²) >= 11 is 6.67. The lowest BCUT2D eigenvalue weighted by Crippen LogP contribution is -2.27. The average Bonchev–Trinajstić information content (AvgIpc) is 3.50. The van der Waals surface area contributed by atoms with Gasteiger partial charge in [-0.1, -0.05) is 60.1 Å². The number of ether oxygens (including phenoxy) is 2. The van der Waals surface area contributed by atoms with Crippen LogP contribution in [0, 0.1) is 0 Å². The number of aromatic nitrogens is 1. The molecule has 0 fully saturated rings. The third-order valence-corrected chi connectivity index (χ3v) is 6.20. The lowest BCUT2D eigenvalue weighted by molar-refractivity contribution is 0.0711. The van der Waals surface area contributed by atoms with Crippen molar-refractivity contribution >= 4 is 34.1 Å². The number of carbonyl (C=O) groups is 1. The third kappa shape index (κ3) is 3.49. The number of hydrazone groups is 1. The maximum atomic E-state index is 13.5. The van der Waals surface area contributed by atoms with Gasteiger partial charge in [-0.2, -0.15) is 5.10 Å². The largest absolute Gasteiger partial charge is 0.454 e. The highest BCUT2D eigenvalue weighted by atomic mass is 35.5. The summed E-state index contributed by atoms with van der Waals surface area (Å²) < 4.78 is 11.0. The van der Waals surface area contributed by atoms with Crippen LogP contribution in [0.5, 0.6) is 11.5 Å². The Morgan fingerprint density at radius 1 is 0.939 bits per heavy atom. The van der Waals surface area contributed by atoms with E-state index in [9.17, 15) is 4.79 Å². The maximum absolute atomic E-state index is 13.5. The molecule has 33 heavy (non-hydrogen) atoms. The van der Waals surface area contributed by atoms with Crippen LogP contribution in [0.15, 0.2) is 84.0 Å². The van der Waals surface area contributed by atoms with Crippen molar-refractivity contribution in [3.8, 4) is 11.5 Å². The van der Waals surface area contributed by atoms with Crippen LogP contribution in [0.3, 0.4) is 0 Å². The number of nitrogens with zero attached hydrogens (tertiary/aromatic N) is 3. The van der Waals surface area contributed by atoms with E-state index in [1.54, 1.807) is 12.1 Å². The van der Waals surface area contributed by atoms with Gasteiger partial charge in [-0.3, -0.25) is 4.79 Å². The first kappa shape index (κ1) is 19.8. The first-order chi connectivity index (χ1) is 16.2. The molecule has 2 aliphatic heterocycles. The Hall–Kier alpha value is -3.90. The van der Waals surface area contributed by atoms with Crippen molar-refractivity contribution in [2.75, 3.05) is 6.79 Å². The molecule has 0 N–H and O–H groups in total. The highest BCUT2D eigenvalue weighted by Gasteiger charge is 2.35. The molecule has 1 aromatic heterocycles. The molecule has 0 radical (unpaired) electrons. The molecule has 3 heterocycles. The molecule has 0 saturated heterocycles. The summed E-state index contributed by atoms with van der Waals surface area (Å²) in [6, 6.07) is 24.3. The summed E-state index contributed by atoms with van der Waals surface area (Å²) in [5, 5.41) is 7.46. The number of hydrogen-bond acceptors (Lipinski definition) is 5. The number of pyridine rings is 1. The molecule has 2 aliphatic rings. The van der Waals surface area contributed by atoms with Crippen molar-refractivity contribution in [2.45, 2.75) is 12.5 Å². The van der Waals surface area contributed by atoms with Gasteiger partial charge < -0.3 is 9.47 Å². The average molecular weight is 456 g/mol. The number of hydrogen-bond donors (Lipinski definition) is 0. The van der Waals surface area contributed by atoms with E-state index in [2.05, 4.69) is 4.98 Å². The molecule has 0 bridgehead atoms. The molecule has 6 nitrogen and oxygen atoms in total. The van der Waals surface area contributed by atoms with E-state index < -0.39 is 0 Å². The van der Waals surface area contributed by atoms with Gasteiger partial charge in [-0.25, -0.2) is 9.99 Å². The molecule has 7 heteroatoms. The molecule has 1 unspecified atom stereocenters. The Morgan fingerprint density at radius 3 is 2.39 bits per heavy atom. The van der Waals surface area contributed by atoms with E-state index in [0.29, 0.717) is 34.2 Å². The Kier molecular flexibility index (Phi) is 4.73. The number of halogens is 1. The number of amides is 1. The molecular weight excluding hydrogens is 438 g/mol. The predicted octanol–water partition coefficient (Wildman–Crippen LogP) is 5.61. The summed E-state index contributed by atoms with van der Waals surface area (Å²) in [7, 11) is 0. The van der Waals surface area contributed by atoms with Gasteiger partial charge in [-0.05, 0) is 29.8 Å². The number of rotatable bonds is 3. The third-order valence-electron chi connectivity index (χ3n) is 5.89. The second-order valence-corrected chi connectivity index (χ2v) is 8.27. The first-order valence-electron chi connectivity index (χ1n) is 10.6. The molecule has 6 rings (SSSR count). The molecule has 1 atom stereocenters. The summed E-state index contributed by atoms with van der Waals surface area (Å²) in [4.78, 5) is 18.1. The van der Waals surface area contributed by atoms with Crippen LogP contribution in [0.2, 0.25) is 5.15 Å². The SMILES string of the molecule is O=C(c1ccccc1)N1N=C(c2ccccc2)CC1c1cc2cc3c(cc2nc1Cl)OCO3. The zero-order valence-corrected chi connectivity index (χ0v) is 18.2. The molecule has 0 spiro atoms. The van der Waals surface area contributed by atoms with Gasteiger partial charge in [0.15, 0.2) is 11.5 Å². The first-order valence-corrected chi connectivity index (χ1v) is 11.0. The van der Waals surface area contributed by atoms with Gasteiger partial charge in [0, 0.05) is 29.0 Å². The van der Waals surface area contributed by atoms with E-state index in [-0.39, 0.29) is 18.7 Å². The highest BCUT2D eigenvalue weighted by molar-refractivity contribution is 6.30. The molecule has 162 valence electrons. The van der Waals surface area contributed by atoms with E-state index in [1.807, 2.05) is 66.7 Å². The summed E-state index contributed by atoms with van der Waals surface area (Å²) in [6.45, 7) is 0.183. The monoisotopic (exact) mass is 455 g/mol. The van der Waals surface area contributed by atoms with Crippen molar-refractivity contribution in [3.05, 3.63) is 101 Å². The van der Waals surface area contributed by atoms with Crippen molar-refractivity contribution in [1.29, 1.82) is 0 Å². The minimum Gasteiger partial charge on any atom is -0.454 e. The van der Waals surface area contributed by atoms with Crippen LogP contribution in [-0.4, -0.2) is 28.4 Å². The second-order valence-electron chi connectivity index (χ2n) is 7.91. The maximum Gasteiger partial charge on any atom is 0.274 e. The van der Waals surface area contributed by atoms with Gasteiger partial charge in [-0.15, -0.1) is 0 Å². The Balaban J connectivity index is 1.45. The van der Waals surface area contributed by atoms with Gasteiger partial charge in [0.2, 0.25) is 6.79 Å². The van der Waals surface area contributed by atoms with Crippen molar-refractivity contribution < 1.29 is 14.3 Å². The van der Waals surface area contributed by atoms with Gasteiger partial charge >= 0.3 is 0 Å². The number of fused-ring (bicyclic) bond motifs is 2. The fraction of sp³-hybridized carbons (Fsp3) is 0.115. The van der Waals surface area contributed by atoms with Gasteiger partial charge in [0.25, 0.3) is 5.91 Å². The van der Waals surface area contributed by atoms with Crippen LogP contribution in [-0.2, 0) is 0 Å². The zero-order chi connectivity index (χ0) is 22.4. The van der Waals surface area contributed by atoms with E-state index in [1.165, 1.54) is 5.01 Å². The van der Waals surface area contributed by atoms with Gasteiger partial charge in [0.05, 0.1) is 17.3 Å². The van der Waals surface area contributed by atoms with Crippen LogP contribution in [0.1, 0.15) is 33.9 Å². The minimum absolute atomic E-state index is 0.183. The molecular formula is C26H18ClN3O3. The van der Waals surface area contributed by atoms with Crippen molar-refractivity contribution in [1.82, 2.24) is 9.99 Å². The quantitative estimate of drug-likeness (QED) is 0.377. The fourth-order valence-corrected chi connectivity index (χ4v) is 4.52. The van der Waals surface area contributed by atoms with Crippen molar-refractivity contribution in [3.63, 3.8) is 0 Å². The number of benzene rings is 3. The molecule has 0 aliphatic carbocycles. The standard InChI is InChI=1S/C26H18ClN3O3/c27-25-19(11-18-12-23-24(33-15-32-23)14-20(18)28-25)22-13-21(16-7-3-1-4-8-16)29-30(22)26(31)17-9-5-2-6-10-17/h1-12,14,22H,13,15H2. The van der Waals surface area contributed by atoms with Crippen molar-refractivity contribution in [2.24, 2.45) is 5.10 Å². The van der Waals surface area contributed by atoms with E-state index in [0.717, 1.165) is 22.2 Å². The smallest absolute Gasteiger partial charge is 0.274 e. The molecule has 3 aromatic carbocycles. The normalized spacial score (nSPS) is 16.8. The van der Waals surface area contributed by atoms with E-state index in [4.69, 9.17) is 26.2 Å². The van der Waals surface area contributed by atoms with Crippen LogP contribution >= 0.6 is 11.6 Å². The summed E-state index contributed by atoms with van der Waals surface area (Å²) in [5.74, 6) is 1.13. The van der Waals surface area contributed by atoms with Crippen LogP contribution < -0.4 is 9.47 Å². The number of carbonyl (C=O) groups excluding carboxylic acids is 1.